The van der Waals surface area contributed by atoms with Crippen LogP contribution >= 0.6 is 0 Å². The molecule has 1 atom stereocenters. The summed E-state index contributed by atoms with van der Waals surface area (Å²) >= 11 is 0. The van der Waals surface area contributed by atoms with Crippen molar-refractivity contribution in [1.82, 2.24) is 5.32 Å². The van der Waals surface area contributed by atoms with Crippen LogP contribution in [0.15, 0.2) is 12.1 Å². The van der Waals surface area contributed by atoms with Crippen LogP contribution in [0.1, 0.15) is 18.6 Å². The second kappa shape index (κ2) is 5.27. The molecule has 0 spiro atoms. The van der Waals surface area contributed by atoms with E-state index >= 15 is 0 Å². The molecule has 0 aromatic heterocycles. The molecule has 2 N–H and O–H groups in total. The van der Waals surface area contributed by atoms with Crippen molar-refractivity contribution >= 4 is 5.69 Å². The van der Waals surface area contributed by atoms with E-state index in [2.05, 4.69) is 10.2 Å². The molecule has 5 heteroatoms. The summed E-state index contributed by atoms with van der Waals surface area (Å²) in [5.74, 6) is 1.57. The highest BCUT2D eigenvalue weighted by Crippen LogP contribution is 2.44. The van der Waals surface area contributed by atoms with Gasteiger partial charge in [0.2, 0.25) is 0 Å². The number of rotatable bonds is 2. The number of hydrogen-bond acceptors (Lipinski definition) is 5. The Morgan fingerprint density at radius 2 is 1.95 bits per heavy atom. The zero-order chi connectivity index (χ0) is 13.2. The minimum Gasteiger partial charge on any atom is -0.486 e. The van der Waals surface area contributed by atoms with Crippen LogP contribution in [-0.2, 0) is 0 Å². The fourth-order valence-electron chi connectivity index (χ4n) is 2.67. The maximum atomic E-state index is 10.00. The van der Waals surface area contributed by atoms with Crippen LogP contribution < -0.4 is 19.7 Å². The SMILES string of the molecule is CC(O)c1ccc2c(c1N1CCNCC1)OCCO2. The highest BCUT2D eigenvalue weighted by Gasteiger charge is 2.26. The highest BCUT2D eigenvalue weighted by molar-refractivity contribution is 5.70. The van der Waals surface area contributed by atoms with Gasteiger partial charge in [0.05, 0.1) is 11.8 Å². The molecule has 1 aromatic rings. The first-order chi connectivity index (χ1) is 9.27. The lowest BCUT2D eigenvalue weighted by atomic mass is 10.0. The van der Waals surface area contributed by atoms with E-state index in [1.165, 1.54) is 0 Å². The maximum Gasteiger partial charge on any atom is 0.185 e. The lowest BCUT2D eigenvalue weighted by Crippen LogP contribution is -2.44. The Kier molecular flexibility index (Phi) is 3.48. The number of aliphatic hydroxyl groups is 1. The fraction of sp³-hybridized carbons (Fsp3) is 0.571. The van der Waals surface area contributed by atoms with Crippen LogP contribution in [0, 0.1) is 0 Å². The first-order valence-corrected chi connectivity index (χ1v) is 6.83. The van der Waals surface area contributed by atoms with Gasteiger partial charge in [0.25, 0.3) is 0 Å². The third kappa shape index (κ3) is 2.35. The molecule has 19 heavy (non-hydrogen) atoms. The van der Waals surface area contributed by atoms with E-state index in [1.807, 2.05) is 12.1 Å². The van der Waals surface area contributed by atoms with Gasteiger partial charge < -0.3 is 24.8 Å². The van der Waals surface area contributed by atoms with E-state index in [4.69, 9.17) is 9.47 Å². The average Bonchev–Trinajstić information content (AvgIpc) is 2.46. The third-order valence-corrected chi connectivity index (χ3v) is 3.60. The van der Waals surface area contributed by atoms with Crippen LogP contribution in [0.2, 0.25) is 0 Å². The third-order valence-electron chi connectivity index (χ3n) is 3.60. The first-order valence-electron chi connectivity index (χ1n) is 6.83. The summed E-state index contributed by atoms with van der Waals surface area (Å²) in [6, 6.07) is 3.83. The number of piperazine rings is 1. The summed E-state index contributed by atoms with van der Waals surface area (Å²) in [5.41, 5.74) is 1.90. The number of aliphatic hydroxyl groups excluding tert-OH is 1. The van der Waals surface area contributed by atoms with Crippen LogP contribution in [-0.4, -0.2) is 44.5 Å². The van der Waals surface area contributed by atoms with Crippen molar-refractivity contribution in [3.8, 4) is 11.5 Å². The zero-order valence-electron chi connectivity index (χ0n) is 11.2. The van der Waals surface area contributed by atoms with Gasteiger partial charge in [-0.1, -0.05) is 6.07 Å². The Morgan fingerprint density at radius 3 is 2.68 bits per heavy atom. The zero-order valence-corrected chi connectivity index (χ0v) is 11.2. The van der Waals surface area contributed by atoms with Crippen LogP contribution in [0.5, 0.6) is 11.5 Å². The van der Waals surface area contributed by atoms with Gasteiger partial charge in [-0.25, -0.2) is 0 Å². The van der Waals surface area contributed by atoms with Crippen molar-refractivity contribution in [2.24, 2.45) is 0 Å². The molecule has 0 aliphatic carbocycles. The summed E-state index contributed by atoms with van der Waals surface area (Å²) in [5, 5.41) is 13.3. The molecule has 3 rings (SSSR count). The Labute approximate surface area is 113 Å². The molecule has 0 radical (unpaired) electrons. The molecular weight excluding hydrogens is 244 g/mol. The molecule has 0 amide bonds. The minimum atomic E-state index is -0.513. The largest absolute Gasteiger partial charge is 0.486 e. The molecule has 2 heterocycles. The fourth-order valence-corrected chi connectivity index (χ4v) is 2.67. The molecule has 2 aliphatic rings. The predicted molar refractivity (Wildman–Crippen MR) is 73.1 cm³/mol. The molecule has 1 unspecified atom stereocenters. The molecule has 2 aliphatic heterocycles. The van der Waals surface area contributed by atoms with Gasteiger partial charge in [-0.2, -0.15) is 0 Å². The lowest BCUT2D eigenvalue weighted by molar-refractivity contribution is 0.169. The maximum absolute atomic E-state index is 10.00. The summed E-state index contributed by atoms with van der Waals surface area (Å²) in [6.45, 7) is 6.67. The minimum absolute atomic E-state index is 0.513. The van der Waals surface area contributed by atoms with Crippen LogP contribution in [0.3, 0.4) is 0 Å². The number of nitrogens with zero attached hydrogens (tertiary/aromatic N) is 1. The van der Waals surface area contributed by atoms with Gasteiger partial charge in [0.15, 0.2) is 11.5 Å². The molecule has 1 aromatic carbocycles. The molecule has 5 nitrogen and oxygen atoms in total. The van der Waals surface area contributed by atoms with E-state index in [0.29, 0.717) is 13.2 Å². The van der Waals surface area contributed by atoms with Gasteiger partial charge in [0, 0.05) is 31.7 Å². The second-order valence-corrected chi connectivity index (χ2v) is 4.94. The smallest absolute Gasteiger partial charge is 0.185 e. The monoisotopic (exact) mass is 264 g/mol. The second-order valence-electron chi connectivity index (χ2n) is 4.94. The van der Waals surface area contributed by atoms with Gasteiger partial charge >= 0.3 is 0 Å². The molecular formula is C14H20N2O3. The summed E-state index contributed by atoms with van der Waals surface area (Å²) in [6.07, 6.45) is -0.513. The number of nitrogens with one attached hydrogen (secondary N) is 1. The van der Waals surface area contributed by atoms with E-state index in [-0.39, 0.29) is 0 Å². The van der Waals surface area contributed by atoms with Crippen molar-refractivity contribution in [3.05, 3.63) is 17.7 Å². The van der Waals surface area contributed by atoms with Crippen LogP contribution in [0.4, 0.5) is 5.69 Å². The molecule has 1 fully saturated rings. The Morgan fingerprint density at radius 1 is 1.21 bits per heavy atom. The number of ether oxygens (including phenoxy) is 2. The van der Waals surface area contributed by atoms with Crippen molar-refractivity contribution in [1.29, 1.82) is 0 Å². The molecule has 104 valence electrons. The van der Waals surface area contributed by atoms with Crippen LogP contribution in [0.25, 0.3) is 0 Å². The van der Waals surface area contributed by atoms with E-state index in [9.17, 15) is 5.11 Å². The van der Waals surface area contributed by atoms with Crippen molar-refractivity contribution in [3.63, 3.8) is 0 Å². The molecule has 1 saturated heterocycles. The normalized spacial score (nSPS) is 20.2. The van der Waals surface area contributed by atoms with Crippen molar-refractivity contribution < 1.29 is 14.6 Å². The first kappa shape index (κ1) is 12.6. The topological polar surface area (TPSA) is 54.0 Å². The van der Waals surface area contributed by atoms with E-state index in [0.717, 1.165) is 48.9 Å². The standard InChI is InChI=1S/C14H20N2O3/c1-10(17)11-2-3-12-14(19-9-8-18-12)13(11)16-6-4-15-5-7-16/h2-3,10,15,17H,4-9H2,1H3. The number of fused-ring (bicyclic) bond motifs is 1. The van der Waals surface area contributed by atoms with Gasteiger partial charge in [-0.05, 0) is 13.0 Å². The Bertz CT molecular complexity index is 456. The van der Waals surface area contributed by atoms with E-state index < -0.39 is 6.10 Å². The Balaban J connectivity index is 2.06. The number of benzene rings is 1. The number of anilines is 1. The quantitative estimate of drug-likeness (QED) is 0.832. The van der Waals surface area contributed by atoms with Crippen molar-refractivity contribution in [2.45, 2.75) is 13.0 Å². The summed E-state index contributed by atoms with van der Waals surface area (Å²) in [7, 11) is 0. The van der Waals surface area contributed by atoms with Gasteiger partial charge in [-0.15, -0.1) is 0 Å². The number of hydrogen-bond donors (Lipinski definition) is 2. The summed E-state index contributed by atoms with van der Waals surface area (Å²) in [4.78, 5) is 2.27. The predicted octanol–water partition coefficient (Wildman–Crippen LogP) is 0.921. The van der Waals surface area contributed by atoms with Gasteiger partial charge in [-0.3, -0.25) is 0 Å². The molecule has 0 saturated carbocycles. The average molecular weight is 264 g/mol. The van der Waals surface area contributed by atoms with E-state index in [1.54, 1.807) is 6.92 Å². The molecule has 0 bridgehead atoms. The summed E-state index contributed by atoms with van der Waals surface area (Å²) < 4.78 is 11.4. The Hall–Kier alpha value is -1.46. The van der Waals surface area contributed by atoms with Crippen molar-refractivity contribution in [2.75, 3.05) is 44.3 Å². The lowest BCUT2D eigenvalue weighted by Gasteiger charge is -2.34. The van der Waals surface area contributed by atoms with Gasteiger partial charge in [0.1, 0.15) is 13.2 Å². The highest BCUT2D eigenvalue weighted by atomic mass is 16.6.